The summed E-state index contributed by atoms with van der Waals surface area (Å²) in [5.74, 6) is 0.819. The minimum atomic E-state index is -0.786. The van der Waals surface area contributed by atoms with Crippen LogP contribution in [0.4, 0.5) is 4.39 Å². The number of rotatable bonds is 2. The lowest BCUT2D eigenvalue weighted by molar-refractivity contribution is 0.231. The molecule has 1 aliphatic rings. The Labute approximate surface area is 89.4 Å². The van der Waals surface area contributed by atoms with Crippen LogP contribution in [0.15, 0.2) is 24.3 Å². The molecule has 82 valence electrons. The van der Waals surface area contributed by atoms with Gasteiger partial charge in [-0.05, 0) is 30.7 Å². The highest BCUT2D eigenvalue weighted by atomic mass is 19.1. The van der Waals surface area contributed by atoms with Crippen LogP contribution in [0.2, 0.25) is 0 Å². The molecule has 3 heteroatoms. The number of hydrogen-bond donors (Lipinski definition) is 1. The van der Waals surface area contributed by atoms with E-state index in [0.717, 1.165) is 24.3 Å². The quantitative estimate of drug-likeness (QED) is 0.805. The van der Waals surface area contributed by atoms with Crippen LogP contribution in [0.25, 0.3) is 0 Å². The molecule has 2 rings (SSSR count). The summed E-state index contributed by atoms with van der Waals surface area (Å²) in [7, 11) is 1.63. The summed E-state index contributed by atoms with van der Waals surface area (Å²) in [4.78, 5) is 0. The Hall–Kier alpha value is -1.09. The fourth-order valence-electron chi connectivity index (χ4n) is 2.07. The van der Waals surface area contributed by atoms with Crippen LogP contribution in [0.5, 0.6) is 5.75 Å². The van der Waals surface area contributed by atoms with Gasteiger partial charge in [0, 0.05) is 12.5 Å². The number of nitrogens with one attached hydrogen (secondary N) is 1. The van der Waals surface area contributed by atoms with E-state index in [-0.39, 0.29) is 5.92 Å². The monoisotopic (exact) mass is 209 g/mol. The van der Waals surface area contributed by atoms with Crippen LogP contribution in [0.3, 0.4) is 0 Å². The zero-order chi connectivity index (χ0) is 10.7. The first-order valence-electron chi connectivity index (χ1n) is 5.30. The van der Waals surface area contributed by atoms with Gasteiger partial charge >= 0.3 is 0 Å². The number of hydrogen-bond acceptors (Lipinski definition) is 2. The number of benzene rings is 1. The summed E-state index contributed by atoms with van der Waals surface area (Å²) in [6.07, 6.45) is 0.0692. The molecule has 0 bridgehead atoms. The topological polar surface area (TPSA) is 21.3 Å². The second-order valence-electron chi connectivity index (χ2n) is 3.89. The van der Waals surface area contributed by atoms with Crippen molar-refractivity contribution in [3.05, 3.63) is 29.8 Å². The number of ether oxygens (including phenoxy) is 1. The minimum absolute atomic E-state index is 0.0151. The van der Waals surface area contributed by atoms with Crippen LogP contribution in [0.1, 0.15) is 17.9 Å². The van der Waals surface area contributed by atoms with Crippen molar-refractivity contribution in [3.8, 4) is 5.75 Å². The van der Waals surface area contributed by atoms with Crippen LogP contribution in [-0.4, -0.2) is 26.4 Å². The fraction of sp³-hybridized carbons (Fsp3) is 0.500. The molecule has 2 unspecified atom stereocenters. The van der Waals surface area contributed by atoms with Gasteiger partial charge < -0.3 is 10.1 Å². The smallest absolute Gasteiger partial charge is 0.119 e. The molecule has 1 N–H and O–H groups in total. The van der Waals surface area contributed by atoms with Gasteiger partial charge in [0.25, 0.3) is 0 Å². The Bertz CT molecular complexity index is 329. The number of alkyl halides is 1. The van der Waals surface area contributed by atoms with Gasteiger partial charge in [0.1, 0.15) is 11.9 Å². The Morgan fingerprint density at radius 1 is 1.47 bits per heavy atom. The molecule has 2 nitrogen and oxygen atoms in total. The third-order valence-corrected chi connectivity index (χ3v) is 2.93. The second-order valence-corrected chi connectivity index (χ2v) is 3.89. The Morgan fingerprint density at radius 3 is 3.07 bits per heavy atom. The van der Waals surface area contributed by atoms with Crippen molar-refractivity contribution in [1.82, 2.24) is 5.32 Å². The summed E-state index contributed by atoms with van der Waals surface area (Å²) in [5.41, 5.74) is 1.04. The molecular formula is C12H16FNO. The predicted molar refractivity (Wildman–Crippen MR) is 58.1 cm³/mol. The van der Waals surface area contributed by atoms with E-state index in [2.05, 4.69) is 5.32 Å². The van der Waals surface area contributed by atoms with E-state index in [1.807, 2.05) is 24.3 Å². The maximum absolute atomic E-state index is 13.7. The van der Waals surface area contributed by atoms with Crippen molar-refractivity contribution in [2.45, 2.75) is 18.5 Å². The van der Waals surface area contributed by atoms with Gasteiger partial charge in [0.2, 0.25) is 0 Å². The largest absolute Gasteiger partial charge is 0.497 e. The first-order valence-corrected chi connectivity index (χ1v) is 5.30. The minimum Gasteiger partial charge on any atom is -0.497 e. The Kier molecular flexibility index (Phi) is 3.21. The first-order chi connectivity index (χ1) is 7.31. The molecule has 2 atom stereocenters. The molecule has 1 heterocycles. The SMILES string of the molecule is COc1cccc(C2CCNCC2F)c1. The molecule has 1 aromatic rings. The van der Waals surface area contributed by atoms with Crippen LogP contribution >= 0.6 is 0 Å². The number of piperidine rings is 1. The maximum Gasteiger partial charge on any atom is 0.119 e. The molecule has 1 aliphatic heterocycles. The average molecular weight is 209 g/mol. The number of halogens is 1. The zero-order valence-corrected chi connectivity index (χ0v) is 8.87. The molecule has 0 radical (unpaired) electrons. The van der Waals surface area contributed by atoms with Gasteiger partial charge in [0.05, 0.1) is 7.11 Å². The van der Waals surface area contributed by atoms with E-state index in [4.69, 9.17) is 4.74 Å². The first kappa shape index (κ1) is 10.4. The van der Waals surface area contributed by atoms with E-state index in [1.54, 1.807) is 7.11 Å². The highest BCUT2D eigenvalue weighted by Gasteiger charge is 2.25. The molecule has 1 saturated heterocycles. The van der Waals surface area contributed by atoms with E-state index < -0.39 is 6.17 Å². The maximum atomic E-state index is 13.7. The van der Waals surface area contributed by atoms with Gasteiger partial charge in [-0.25, -0.2) is 4.39 Å². The fourth-order valence-corrected chi connectivity index (χ4v) is 2.07. The molecule has 1 aromatic carbocycles. The lowest BCUT2D eigenvalue weighted by atomic mass is 9.89. The van der Waals surface area contributed by atoms with Gasteiger partial charge in [-0.2, -0.15) is 0 Å². The highest BCUT2D eigenvalue weighted by molar-refractivity contribution is 5.31. The van der Waals surface area contributed by atoms with Crippen molar-refractivity contribution in [2.24, 2.45) is 0 Å². The van der Waals surface area contributed by atoms with Crippen molar-refractivity contribution in [2.75, 3.05) is 20.2 Å². The lowest BCUT2D eigenvalue weighted by Crippen LogP contribution is -2.36. The zero-order valence-electron chi connectivity index (χ0n) is 8.87. The Balaban J connectivity index is 2.19. The summed E-state index contributed by atoms with van der Waals surface area (Å²) < 4.78 is 18.8. The summed E-state index contributed by atoms with van der Waals surface area (Å²) in [6, 6.07) is 7.72. The van der Waals surface area contributed by atoms with Crippen LogP contribution in [0, 0.1) is 0 Å². The van der Waals surface area contributed by atoms with E-state index in [9.17, 15) is 4.39 Å². The molecule has 0 amide bonds. The predicted octanol–water partition coefficient (Wildman–Crippen LogP) is 2.11. The van der Waals surface area contributed by atoms with E-state index >= 15 is 0 Å². The van der Waals surface area contributed by atoms with Crippen LogP contribution < -0.4 is 10.1 Å². The molecule has 1 fully saturated rings. The van der Waals surface area contributed by atoms with Crippen molar-refractivity contribution < 1.29 is 9.13 Å². The molecule has 0 saturated carbocycles. The second kappa shape index (κ2) is 4.62. The van der Waals surface area contributed by atoms with Gasteiger partial charge in [-0.15, -0.1) is 0 Å². The molecular weight excluding hydrogens is 193 g/mol. The summed E-state index contributed by atoms with van der Waals surface area (Å²) in [5, 5.41) is 3.06. The number of methoxy groups -OCH3 is 1. The summed E-state index contributed by atoms with van der Waals surface area (Å²) in [6.45, 7) is 1.35. The normalized spacial score (nSPS) is 26.3. The third-order valence-electron chi connectivity index (χ3n) is 2.93. The van der Waals surface area contributed by atoms with Crippen molar-refractivity contribution in [1.29, 1.82) is 0 Å². The summed E-state index contributed by atoms with van der Waals surface area (Å²) >= 11 is 0. The molecule has 15 heavy (non-hydrogen) atoms. The van der Waals surface area contributed by atoms with Crippen LogP contribution in [-0.2, 0) is 0 Å². The molecule has 0 spiro atoms. The third kappa shape index (κ3) is 2.29. The lowest BCUT2D eigenvalue weighted by Gasteiger charge is -2.27. The van der Waals surface area contributed by atoms with Crippen molar-refractivity contribution in [3.63, 3.8) is 0 Å². The highest BCUT2D eigenvalue weighted by Crippen LogP contribution is 2.29. The average Bonchev–Trinajstić information content (AvgIpc) is 2.30. The van der Waals surface area contributed by atoms with E-state index in [0.29, 0.717) is 6.54 Å². The van der Waals surface area contributed by atoms with E-state index in [1.165, 1.54) is 0 Å². The van der Waals surface area contributed by atoms with Gasteiger partial charge in [0.15, 0.2) is 0 Å². The standard InChI is InChI=1S/C12H16FNO/c1-15-10-4-2-3-9(7-10)11-5-6-14-8-12(11)13/h2-4,7,11-12,14H,5-6,8H2,1H3. The Morgan fingerprint density at radius 2 is 2.33 bits per heavy atom. The van der Waals surface area contributed by atoms with Gasteiger partial charge in [-0.1, -0.05) is 12.1 Å². The van der Waals surface area contributed by atoms with Gasteiger partial charge in [-0.3, -0.25) is 0 Å². The molecule has 0 aliphatic carbocycles. The van der Waals surface area contributed by atoms with Crippen molar-refractivity contribution >= 4 is 0 Å². The molecule has 0 aromatic heterocycles.